The molecule has 0 radical (unpaired) electrons. The summed E-state index contributed by atoms with van der Waals surface area (Å²) in [4.78, 5) is 37.1. The number of fused-ring (bicyclic) bond motifs is 2. The van der Waals surface area contributed by atoms with Crippen molar-refractivity contribution in [2.24, 2.45) is 0 Å². The van der Waals surface area contributed by atoms with E-state index in [0.29, 0.717) is 22.3 Å². The van der Waals surface area contributed by atoms with Gasteiger partial charge in [-0.1, -0.05) is 18.2 Å². The zero-order valence-corrected chi connectivity index (χ0v) is 17.1. The minimum absolute atomic E-state index is 0.00709. The number of methoxy groups -OCH3 is 1. The van der Waals surface area contributed by atoms with Gasteiger partial charge in [0.15, 0.2) is 28.8 Å². The summed E-state index contributed by atoms with van der Waals surface area (Å²) in [6.07, 6.45) is 0.714. The van der Waals surface area contributed by atoms with E-state index >= 15 is 0 Å². The lowest BCUT2D eigenvalue weighted by Crippen LogP contribution is -2.52. The van der Waals surface area contributed by atoms with Gasteiger partial charge in [0.05, 0.1) is 19.0 Å². The van der Waals surface area contributed by atoms with Crippen molar-refractivity contribution in [2.45, 2.75) is 6.54 Å². The summed E-state index contributed by atoms with van der Waals surface area (Å²) in [6.45, 7) is 0.122. The lowest BCUT2D eigenvalue weighted by Gasteiger charge is -2.28. The van der Waals surface area contributed by atoms with Crippen LogP contribution in [0.2, 0.25) is 0 Å². The Morgan fingerprint density at radius 1 is 1.21 bits per heavy atom. The highest BCUT2D eigenvalue weighted by molar-refractivity contribution is 6.07. The number of nitrogen functional groups attached to an aromatic ring is 1. The van der Waals surface area contributed by atoms with Crippen LogP contribution in [-0.2, 0) is 11.3 Å². The Morgan fingerprint density at radius 3 is 2.82 bits per heavy atom. The number of nitrogens with one attached hydrogen (secondary N) is 2. The van der Waals surface area contributed by atoms with Gasteiger partial charge < -0.3 is 10.5 Å². The van der Waals surface area contributed by atoms with E-state index in [-0.39, 0.29) is 35.5 Å². The summed E-state index contributed by atoms with van der Waals surface area (Å²) in [5.41, 5.74) is 9.64. The summed E-state index contributed by atoms with van der Waals surface area (Å²) < 4.78 is 20.4. The number of halogens is 1. The monoisotopic (exact) mass is 449 g/mol. The molecular formula is C20H16FN9O3. The number of amides is 3. The van der Waals surface area contributed by atoms with E-state index in [1.165, 1.54) is 10.7 Å². The van der Waals surface area contributed by atoms with Crippen molar-refractivity contribution in [1.29, 1.82) is 0 Å². The number of hydrogen-bond acceptors (Lipinski definition) is 8. The molecule has 3 aromatic heterocycles. The van der Waals surface area contributed by atoms with Crippen molar-refractivity contribution in [3.05, 3.63) is 54.0 Å². The molecule has 3 amide bonds. The Morgan fingerprint density at radius 2 is 2.03 bits per heavy atom. The molecule has 13 heteroatoms. The van der Waals surface area contributed by atoms with E-state index in [9.17, 15) is 14.0 Å². The molecule has 12 nitrogen and oxygen atoms in total. The maximum atomic E-state index is 14.2. The molecule has 166 valence electrons. The molecule has 0 saturated carbocycles. The van der Waals surface area contributed by atoms with Crippen LogP contribution in [0.15, 0.2) is 42.6 Å². The van der Waals surface area contributed by atoms with Crippen LogP contribution >= 0.6 is 0 Å². The first kappa shape index (κ1) is 20.1. The van der Waals surface area contributed by atoms with Crippen LogP contribution in [0.1, 0.15) is 5.56 Å². The normalized spacial score (nSPS) is 12.8. The smallest absolute Gasteiger partial charge is 0.433 e. The molecule has 0 atom stereocenters. The van der Waals surface area contributed by atoms with Gasteiger partial charge in [0.1, 0.15) is 11.5 Å². The summed E-state index contributed by atoms with van der Waals surface area (Å²) >= 11 is 0. The van der Waals surface area contributed by atoms with E-state index in [1.54, 1.807) is 36.5 Å². The number of pyridine rings is 1. The lowest BCUT2D eigenvalue weighted by molar-refractivity contribution is 0.175. The van der Waals surface area contributed by atoms with E-state index < -0.39 is 12.1 Å². The fourth-order valence-electron chi connectivity index (χ4n) is 3.48. The van der Waals surface area contributed by atoms with Crippen LogP contribution in [0.25, 0.3) is 22.6 Å². The van der Waals surface area contributed by atoms with Gasteiger partial charge in [-0.15, -0.1) is 0 Å². The van der Waals surface area contributed by atoms with Crippen molar-refractivity contribution in [3.63, 3.8) is 0 Å². The van der Waals surface area contributed by atoms with Crippen molar-refractivity contribution >= 4 is 40.5 Å². The molecule has 5 rings (SSSR count). The number of hydrazine groups is 1. The minimum Gasteiger partial charge on any atom is -0.451 e. The number of aromatic nitrogens is 5. The molecular weight excluding hydrogens is 433 g/mol. The van der Waals surface area contributed by atoms with Gasteiger partial charge in [-0.3, -0.25) is 5.32 Å². The number of benzene rings is 1. The number of carbonyl (C=O) groups is 2. The van der Waals surface area contributed by atoms with Gasteiger partial charge >= 0.3 is 12.1 Å². The van der Waals surface area contributed by atoms with E-state index in [1.807, 2.05) is 0 Å². The first-order valence-corrected chi connectivity index (χ1v) is 9.65. The van der Waals surface area contributed by atoms with Crippen LogP contribution in [0.3, 0.4) is 0 Å². The summed E-state index contributed by atoms with van der Waals surface area (Å²) in [5, 5.41) is 8.45. The second kappa shape index (κ2) is 7.71. The fraction of sp³-hybridized carbons (Fsp3) is 0.100. The minimum atomic E-state index is -0.877. The van der Waals surface area contributed by atoms with Crippen molar-refractivity contribution < 1.29 is 18.7 Å². The zero-order valence-electron chi connectivity index (χ0n) is 17.1. The quantitative estimate of drug-likeness (QED) is 0.431. The van der Waals surface area contributed by atoms with E-state index in [4.69, 9.17) is 5.73 Å². The van der Waals surface area contributed by atoms with Crippen molar-refractivity contribution in [3.8, 4) is 11.5 Å². The van der Waals surface area contributed by atoms with Gasteiger partial charge in [-0.05, 0) is 18.2 Å². The van der Waals surface area contributed by atoms with Crippen LogP contribution in [0.4, 0.5) is 31.3 Å². The number of nitrogens with zero attached hydrogens (tertiary/aromatic N) is 6. The number of carbonyl (C=O) groups excluding carboxylic acids is 2. The topological polar surface area (TPSA) is 153 Å². The predicted molar refractivity (Wildman–Crippen MR) is 116 cm³/mol. The summed E-state index contributed by atoms with van der Waals surface area (Å²) in [5.74, 6) is -0.393. The Balaban J connectivity index is 1.64. The second-order valence-electron chi connectivity index (χ2n) is 6.97. The van der Waals surface area contributed by atoms with Crippen LogP contribution in [0.5, 0.6) is 0 Å². The fourth-order valence-corrected chi connectivity index (χ4v) is 3.48. The standard InChI is InChI=1S/C20H16FN9O3/c1-33-20(32)30-14-15(22)24-16(25-17(14)26-19(31)28-30)13-11-6-4-8-23-18(11)29(27-13)9-10-5-2-3-7-12(10)21/h2-8H,9H2,1H3,(H4,22,24,25,26,28,31). The summed E-state index contributed by atoms with van der Waals surface area (Å²) in [7, 11) is 1.16. The van der Waals surface area contributed by atoms with Crippen LogP contribution < -0.4 is 21.5 Å². The molecule has 4 heterocycles. The van der Waals surface area contributed by atoms with Gasteiger partial charge in [-0.2, -0.15) is 10.1 Å². The molecule has 0 fully saturated rings. The molecule has 0 aliphatic carbocycles. The molecule has 0 spiro atoms. The molecule has 0 unspecified atom stereocenters. The number of urea groups is 1. The van der Waals surface area contributed by atoms with E-state index in [0.717, 1.165) is 12.1 Å². The van der Waals surface area contributed by atoms with Gasteiger partial charge in [-0.25, -0.2) is 39.0 Å². The molecule has 4 N–H and O–H groups in total. The highest BCUT2D eigenvalue weighted by atomic mass is 19.1. The third-order valence-corrected chi connectivity index (χ3v) is 4.93. The number of nitrogens with two attached hydrogens (primary N) is 1. The first-order valence-electron chi connectivity index (χ1n) is 9.65. The lowest BCUT2D eigenvalue weighted by atomic mass is 10.2. The molecule has 0 bridgehead atoms. The molecule has 0 saturated heterocycles. The first-order chi connectivity index (χ1) is 16.0. The molecule has 1 aromatic carbocycles. The number of anilines is 3. The SMILES string of the molecule is COC(=O)N1NC(=O)Nc2nc(-c3nn(Cc4ccccc4F)c4ncccc34)nc(N)c21. The number of rotatable bonds is 3. The van der Waals surface area contributed by atoms with E-state index in [2.05, 4.69) is 35.5 Å². The molecule has 33 heavy (non-hydrogen) atoms. The third-order valence-electron chi connectivity index (χ3n) is 4.93. The van der Waals surface area contributed by atoms with Gasteiger partial charge in [0, 0.05) is 11.8 Å². The highest BCUT2D eigenvalue weighted by Gasteiger charge is 2.32. The average Bonchev–Trinajstić information content (AvgIpc) is 3.17. The largest absolute Gasteiger partial charge is 0.451 e. The summed E-state index contributed by atoms with van der Waals surface area (Å²) in [6, 6.07) is 9.13. The average molecular weight is 449 g/mol. The Labute approximate surface area is 185 Å². The second-order valence-corrected chi connectivity index (χ2v) is 6.97. The Kier molecular flexibility index (Phi) is 4.70. The maximum Gasteiger partial charge on any atom is 0.433 e. The van der Waals surface area contributed by atoms with Crippen molar-refractivity contribution in [2.75, 3.05) is 23.2 Å². The zero-order chi connectivity index (χ0) is 23.1. The molecule has 4 aromatic rings. The Bertz CT molecular complexity index is 1420. The van der Waals surface area contributed by atoms with Crippen LogP contribution in [-0.4, -0.2) is 44.0 Å². The number of hydrogen-bond donors (Lipinski definition) is 3. The molecule has 1 aliphatic heterocycles. The van der Waals surface area contributed by atoms with Crippen LogP contribution in [0, 0.1) is 5.82 Å². The molecule has 1 aliphatic rings. The maximum absolute atomic E-state index is 14.2. The third kappa shape index (κ3) is 3.40. The number of ether oxygens (including phenoxy) is 1. The van der Waals surface area contributed by atoms with Gasteiger partial charge in [0.25, 0.3) is 0 Å². The Hall–Kier alpha value is -4.81. The highest BCUT2D eigenvalue weighted by Crippen LogP contribution is 2.35. The predicted octanol–water partition coefficient (Wildman–Crippen LogP) is 2.28. The van der Waals surface area contributed by atoms with Gasteiger partial charge in [0.2, 0.25) is 0 Å². The van der Waals surface area contributed by atoms with Crippen molar-refractivity contribution in [1.82, 2.24) is 30.2 Å².